The number of nitrogens with two attached hydrogens (primary N) is 1. The minimum atomic E-state index is 0. The topological polar surface area (TPSA) is 84.2 Å². The van der Waals surface area contributed by atoms with E-state index >= 15 is 0 Å². The van der Waals surface area contributed by atoms with Crippen molar-refractivity contribution in [3.63, 3.8) is 0 Å². The standard InChI is InChI=1S/C21H39N3O2.ClH/c1-15(2)12-19(14-22)24-21(26)17-8-10-18(11-9-17)23-20(25)13-16-6-4-3-5-7-16;/h15-19H,3-14,22H2,1-2H3,(H,23,25)(H,24,26);1H. The summed E-state index contributed by atoms with van der Waals surface area (Å²) in [5.41, 5.74) is 5.79. The Bertz CT molecular complexity index is 445. The first kappa shape index (κ1) is 24.2. The van der Waals surface area contributed by atoms with Crippen LogP contribution in [0.1, 0.15) is 84.5 Å². The molecule has 1 atom stereocenters. The molecule has 0 saturated heterocycles. The van der Waals surface area contributed by atoms with Gasteiger partial charge in [0.15, 0.2) is 0 Å². The summed E-state index contributed by atoms with van der Waals surface area (Å²) in [6.07, 6.45) is 11.4. The molecule has 4 N–H and O–H groups in total. The predicted octanol–water partition coefficient (Wildman–Crippen LogP) is 3.54. The lowest BCUT2D eigenvalue weighted by molar-refractivity contribution is -0.127. The van der Waals surface area contributed by atoms with Gasteiger partial charge in [0.1, 0.15) is 0 Å². The van der Waals surface area contributed by atoms with Crippen LogP contribution in [0.15, 0.2) is 0 Å². The van der Waals surface area contributed by atoms with Gasteiger partial charge in [-0.25, -0.2) is 0 Å². The first-order valence-corrected chi connectivity index (χ1v) is 10.8. The van der Waals surface area contributed by atoms with Crippen LogP contribution in [0, 0.1) is 17.8 Å². The third-order valence-corrected chi connectivity index (χ3v) is 6.05. The average Bonchev–Trinajstić information content (AvgIpc) is 2.62. The molecular weight excluding hydrogens is 362 g/mol. The molecule has 0 radical (unpaired) electrons. The lowest BCUT2D eigenvalue weighted by Crippen LogP contribution is -2.46. The Morgan fingerprint density at radius 2 is 1.63 bits per heavy atom. The molecule has 2 fully saturated rings. The van der Waals surface area contributed by atoms with Gasteiger partial charge in [0.2, 0.25) is 11.8 Å². The van der Waals surface area contributed by atoms with Gasteiger partial charge in [0, 0.05) is 31.0 Å². The van der Waals surface area contributed by atoms with Crippen LogP contribution < -0.4 is 16.4 Å². The first-order chi connectivity index (χ1) is 12.5. The number of rotatable bonds is 8. The van der Waals surface area contributed by atoms with Gasteiger partial charge in [0.25, 0.3) is 0 Å². The van der Waals surface area contributed by atoms with Crippen molar-refractivity contribution in [2.24, 2.45) is 23.5 Å². The predicted molar refractivity (Wildman–Crippen MR) is 113 cm³/mol. The third kappa shape index (κ3) is 8.82. The Labute approximate surface area is 171 Å². The minimum absolute atomic E-state index is 0. The fourth-order valence-electron chi connectivity index (χ4n) is 4.54. The lowest BCUT2D eigenvalue weighted by atomic mass is 9.84. The Balaban J connectivity index is 0.00000364. The molecule has 2 aliphatic rings. The zero-order valence-corrected chi connectivity index (χ0v) is 18.0. The van der Waals surface area contributed by atoms with Gasteiger partial charge >= 0.3 is 0 Å². The molecule has 2 aliphatic carbocycles. The zero-order chi connectivity index (χ0) is 18.9. The van der Waals surface area contributed by atoms with Crippen LogP contribution in [-0.4, -0.2) is 30.4 Å². The van der Waals surface area contributed by atoms with E-state index in [1.165, 1.54) is 32.1 Å². The molecule has 0 aliphatic heterocycles. The molecular formula is C21H40ClN3O2. The van der Waals surface area contributed by atoms with Crippen molar-refractivity contribution >= 4 is 24.2 Å². The van der Waals surface area contributed by atoms with Crippen LogP contribution in [0.3, 0.4) is 0 Å². The van der Waals surface area contributed by atoms with Gasteiger partial charge in [-0.05, 0) is 56.8 Å². The molecule has 2 rings (SSSR count). The molecule has 0 aromatic carbocycles. The maximum atomic E-state index is 12.5. The summed E-state index contributed by atoms with van der Waals surface area (Å²) in [7, 11) is 0. The highest BCUT2D eigenvalue weighted by molar-refractivity contribution is 5.85. The Morgan fingerprint density at radius 3 is 2.19 bits per heavy atom. The van der Waals surface area contributed by atoms with E-state index in [0.717, 1.165) is 32.1 Å². The highest BCUT2D eigenvalue weighted by Gasteiger charge is 2.28. The zero-order valence-electron chi connectivity index (χ0n) is 17.2. The fraction of sp³-hybridized carbons (Fsp3) is 0.905. The Kier molecular flexibility index (Phi) is 11.3. The van der Waals surface area contributed by atoms with Gasteiger partial charge < -0.3 is 16.4 Å². The van der Waals surface area contributed by atoms with E-state index in [1.54, 1.807) is 0 Å². The van der Waals surface area contributed by atoms with Crippen LogP contribution >= 0.6 is 12.4 Å². The summed E-state index contributed by atoms with van der Waals surface area (Å²) in [4.78, 5) is 24.8. The van der Waals surface area contributed by atoms with Crippen LogP contribution in [0.2, 0.25) is 0 Å². The number of amides is 2. The fourth-order valence-corrected chi connectivity index (χ4v) is 4.54. The summed E-state index contributed by atoms with van der Waals surface area (Å²) in [6.45, 7) is 4.79. The molecule has 2 amide bonds. The van der Waals surface area contributed by atoms with Crippen molar-refractivity contribution in [1.29, 1.82) is 0 Å². The molecule has 0 aromatic rings. The van der Waals surface area contributed by atoms with Crippen LogP contribution in [-0.2, 0) is 9.59 Å². The van der Waals surface area contributed by atoms with Crippen LogP contribution in [0.25, 0.3) is 0 Å². The number of nitrogens with one attached hydrogen (secondary N) is 2. The van der Waals surface area contributed by atoms with Crippen molar-refractivity contribution in [3.8, 4) is 0 Å². The van der Waals surface area contributed by atoms with E-state index < -0.39 is 0 Å². The minimum Gasteiger partial charge on any atom is -0.353 e. The van der Waals surface area contributed by atoms with Crippen molar-refractivity contribution in [2.75, 3.05) is 6.54 Å². The molecule has 0 aromatic heterocycles. The smallest absolute Gasteiger partial charge is 0.223 e. The van der Waals surface area contributed by atoms with Crippen molar-refractivity contribution in [3.05, 3.63) is 0 Å². The monoisotopic (exact) mass is 401 g/mol. The first-order valence-electron chi connectivity index (χ1n) is 10.8. The number of carbonyl (C=O) groups excluding carboxylic acids is 2. The molecule has 158 valence electrons. The van der Waals surface area contributed by atoms with E-state index in [1.807, 2.05) is 0 Å². The van der Waals surface area contributed by atoms with E-state index in [4.69, 9.17) is 5.73 Å². The van der Waals surface area contributed by atoms with E-state index in [9.17, 15) is 9.59 Å². The van der Waals surface area contributed by atoms with Gasteiger partial charge in [-0.3, -0.25) is 9.59 Å². The van der Waals surface area contributed by atoms with E-state index in [-0.39, 0.29) is 42.2 Å². The van der Waals surface area contributed by atoms with Gasteiger partial charge in [0.05, 0.1) is 0 Å². The van der Waals surface area contributed by atoms with Crippen LogP contribution in [0.5, 0.6) is 0 Å². The number of halogens is 1. The average molecular weight is 402 g/mol. The van der Waals surface area contributed by atoms with Gasteiger partial charge in [-0.2, -0.15) is 0 Å². The maximum Gasteiger partial charge on any atom is 0.223 e. The summed E-state index contributed by atoms with van der Waals surface area (Å²) in [5.74, 6) is 1.54. The summed E-state index contributed by atoms with van der Waals surface area (Å²) in [6, 6.07) is 0.325. The highest BCUT2D eigenvalue weighted by atomic mass is 35.5. The number of hydrogen-bond donors (Lipinski definition) is 3. The SMILES string of the molecule is CC(C)CC(CN)NC(=O)C1CCC(NC(=O)CC2CCCCC2)CC1.Cl. The molecule has 27 heavy (non-hydrogen) atoms. The Morgan fingerprint density at radius 1 is 1.00 bits per heavy atom. The van der Waals surface area contributed by atoms with Gasteiger partial charge in [-0.1, -0.05) is 33.1 Å². The summed E-state index contributed by atoms with van der Waals surface area (Å²) in [5, 5.41) is 6.34. The molecule has 0 heterocycles. The number of hydrogen-bond acceptors (Lipinski definition) is 3. The molecule has 2 saturated carbocycles. The normalized spacial score (nSPS) is 24.7. The third-order valence-electron chi connectivity index (χ3n) is 6.05. The molecule has 0 bridgehead atoms. The second-order valence-electron chi connectivity index (χ2n) is 8.89. The Hall–Kier alpha value is -0.810. The molecule has 0 spiro atoms. The van der Waals surface area contributed by atoms with Gasteiger partial charge in [-0.15, -0.1) is 12.4 Å². The molecule has 5 nitrogen and oxygen atoms in total. The van der Waals surface area contributed by atoms with Crippen molar-refractivity contribution in [1.82, 2.24) is 10.6 Å². The molecule has 6 heteroatoms. The maximum absolute atomic E-state index is 12.5. The summed E-state index contributed by atoms with van der Waals surface area (Å²) < 4.78 is 0. The number of carbonyl (C=O) groups is 2. The highest BCUT2D eigenvalue weighted by Crippen LogP contribution is 2.28. The second kappa shape index (κ2) is 12.6. The van der Waals surface area contributed by atoms with Crippen LogP contribution in [0.4, 0.5) is 0 Å². The summed E-state index contributed by atoms with van der Waals surface area (Å²) >= 11 is 0. The molecule has 1 unspecified atom stereocenters. The lowest BCUT2D eigenvalue weighted by Gasteiger charge is -2.30. The van der Waals surface area contributed by atoms with Crippen molar-refractivity contribution < 1.29 is 9.59 Å². The van der Waals surface area contributed by atoms with E-state index in [2.05, 4.69) is 24.5 Å². The second-order valence-corrected chi connectivity index (χ2v) is 8.89. The largest absolute Gasteiger partial charge is 0.353 e. The van der Waals surface area contributed by atoms with Crippen molar-refractivity contribution in [2.45, 2.75) is 96.6 Å². The van der Waals surface area contributed by atoms with E-state index in [0.29, 0.717) is 24.8 Å². The quantitative estimate of drug-likeness (QED) is 0.581.